The van der Waals surface area contributed by atoms with Crippen LogP contribution in [-0.2, 0) is 6.42 Å². The summed E-state index contributed by atoms with van der Waals surface area (Å²) in [4.78, 5) is 23.4. The van der Waals surface area contributed by atoms with E-state index >= 15 is 0 Å². The van der Waals surface area contributed by atoms with Crippen molar-refractivity contribution in [2.24, 2.45) is 0 Å². The van der Waals surface area contributed by atoms with E-state index in [2.05, 4.69) is 15.0 Å². The van der Waals surface area contributed by atoms with E-state index in [0.717, 1.165) is 16.7 Å². The van der Waals surface area contributed by atoms with E-state index in [1.54, 1.807) is 6.20 Å². The number of carbonyl (C=O) groups excluding carboxylic acids is 1. The molecule has 0 aliphatic heterocycles. The number of nitrogens with one attached hydrogen (secondary N) is 1. The van der Waals surface area contributed by atoms with Crippen molar-refractivity contribution < 1.29 is 4.79 Å². The third-order valence-corrected chi connectivity index (χ3v) is 2.86. The number of hydrogen-bond donors (Lipinski definition) is 1. The van der Waals surface area contributed by atoms with Gasteiger partial charge in [0.25, 0.3) is 0 Å². The van der Waals surface area contributed by atoms with E-state index in [1.165, 1.54) is 6.33 Å². The molecule has 0 saturated carbocycles. The molecule has 4 nitrogen and oxygen atoms in total. The lowest BCUT2D eigenvalue weighted by atomic mass is 10.1. The fourth-order valence-corrected chi connectivity index (χ4v) is 1.95. The van der Waals surface area contributed by atoms with Crippen LogP contribution in [0.2, 0.25) is 0 Å². The first-order chi connectivity index (χ1) is 8.84. The van der Waals surface area contributed by atoms with Crippen LogP contribution in [0.25, 0.3) is 11.0 Å². The lowest BCUT2D eigenvalue weighted by Crippen LogP contribution is -2.05. The Morgan fingerprint density at radius 2 is 1.94 bits per heavy atom. The van der Waals surface area contributed by atoms with Crippen molar-refractivity contribution in [2.75, 3.05) is 0 Å². The van der Waals surface area contributed by atoms with E-state index in [1.807, 2.05) is 36.4 Å². The second-order valence-corrected chi connectivity index (χ2v) is 4.03. The van der Waals surface area contributed by atoms with Crippen LogP contribution in [0.4, 0.5) is 0 Å². The summed E-state index contributed by atoms with van der Waals surface area (Å²) in [6.07, 6.45) is 3.57. The molecule has 0 aliphatic rings. The first-order valence-corrected chi connectivity index (χ1v) is 5.70. The average Bonchev–Trinajstić information content (AvgIpc) is 2.89. The molecule has 3 aromatic rings. The monoisotopic (exact) mass is 237 g/mol. The van der Waals surface area contributed by atoms with Gasteiger partial charge in [0.1, 0.15) is 12.0 Å². The molecule has 0 saturated heterocycles. The Morgan fingerprint density at radius 1 is 1.11 bits per heavy atom. The molecule has 2 aromatic heterocycles. The fraction of sp³-hybridized carbons (Fsp3) is 0.0714. The predicted octanol–water partition coefficient (Wildman–Crippen LogP) is 2.38. The molecular formula is C14H11N3O. The quantitative estimate of drug-likeness (QED) is 0.711. The second-order valence-electron chi connectivity index (χ2n) is 4.03. The molecule has 0 radical (unpaired) electrons. The number of benzene rings is 1. The second kappa shape index (κ2) is 4.41. The van der Waals surface area contributed by atoms with Gasteiger partial charge in [-0.15, -0.1) is 0 Å². The van der Waals surface area contributed by atoms with Crippen molar-refractivity contribution in [3.63, 3.8) is 0 Å². The molecule has 0 aliphatic carbocycles. The molecule has 0 amide bonds. The number of H-pyrrole nitrogens is 1. The van der Waals surface area contributed by atoms with Crippen LogP contribution in [-0.4, -0.2) is 20.7 Å². The Hall–Kier alpha value is -2.49. The standard InChI is InChI=1S/C14H11N3O/c18-13(10-4-2-1-3-5-10)8-12-11-6-7-15-14(11)17-9-16-12/h1-7,9H,8H2,(H,15,16,17). The van der Waals surface area contributed by atoms with E-state index in [4.69, 9.17) is 0 Å². The highest BCUT2D eigenvalue weighted by Gasteiger charge is 2.11. The summed E-state index contributed by atoms with van der Waals surface area (Å²) < 4.78 is 0. The maximum atomic E-state index is 12.1. The predicted molar refractivity (Wildman–Crippen MR) is 68.4 cm³/mol. The summed E-state index contributed by atoms with van der Waals surface area (Å²) in [6.45, 7) is 0. The smallest absolute Gasteiger partial charge is 0.168 e. The van der Waals surface area contributed by atoms with Crippen LogP contribution in [0.1, 0.15) is 16.1 Å². The molecule has 2 heterocycles. The number of aromatic nitrogens is 3. The Morgan fingerprint density at radius 3 is 2.78 bits per heavy atom. The molecule has 0 fully saturated rings. The van der Waals surface area contributed by atoms with Crippen molar-refractivity contribution in [2.45, 2.75) is 6.42 Å². The lowest BCUT2D eigenvalue weighted by Gasteiger charge is -2.01. The minimum absolute atomic E-state index is 0.0665. The van der Waals surface area contributed by atoms with Crippen molar-refractivity contribution in [3.8, 4) is 0 Å². The minimum atomic E-state index is 0.0665. The summed E-state index contributed by atoms with van der Waals surface area (Å²) in [7, 11) is 0. The van der Waals surface area contributed by atoms with Gasteiger partial charge >= 0.3 is 0 Å². The van der Waals surface area contributed by atoms with Gasteiger partial charge in [0.2, 0.25) is 0 Å². The van der Waals surface area contributed by atoms with Crippen molar-refractivity contribution in [1.29, 1.82) is 0 Å². The summed E-state index contributed by atoms with van der Waals surface area (Å²) in [5.41, 5.74) is 2.23. The lowest BCUT2D eigenvalue weighted by molar-refractivity contribution is 0.0992. The Labute approximate surface area is 104 Å². The van der Waals surface area contributed by atoms with Crippen LogP contribution < -0.4 is 0 Å². The topological polar surface area (TPSA) is 58.6 Å². The zero-order chi connectivity index (χ0) is 12.4. The number of carbonyl (C=O) groups is 1. The first-order valence-electron chi connectivity index (χ1n) is 5.70. The van der Waals surface area contributed by atoms with E-state index in [9.17, 15) is 4.79 Å². The number of nitrogens with zero attached hydrogens (tertiary/aromatic N) is 2. The van der Waals surface area contributed by atoms with Gasteiger partial charge in [0, 0.05) is 17.1 Å². The molecule has 88 valence electrons. The number of aromatic amines is 1. The van der Waals surface area contributed by atoms with Crippen LogP contribution in [0.3, 0.4) is 0 Å². The first kappa shape index (κ1) is 10.7. The number of Topliss-reactive ketones (excluding diaryl/α,β-unsaturated/α-hetero) is 1. The number of rotatable bonds is 3. The van der Waals surface area contributed by atoms with Gasteiger partial charge in [-0.2, -0.15) is 0 Å². The average molecular weight is 237 g/mol. The molecule has 4 heteroatoms. The number of ketones is 1. The molecule has 0 unspecified atom stereocenters. The highest BCUT2D eigenvalue weighted by molar-refractivity contribution is 5.99. The maximum absolute atomic E-state index is 12.1. The summed E-state index contributed by atoms with van der Waals surface area (Å²) in [5.74, 6) is 0.0665. The molecular weight excluding hydrogens is 226 g/mol. The van der Waals surface area contributed by atoms with E-state index in [-0.39, 0.29) is 5.78 Å². The zero-order valence-corrected chi connectivity index (χ0v) is 9.63. The van der Waals surface area contributed by atoms with E-state index in [0.29, 0.717) is 12.0 Å². The maximum Gasteiger partial charge on any atom is 0.168 e. The molecule has 0 spiro atoms. The third kappa shape index (κ3) is 1.88. The Bertz CT molecular complexity index is 688. The van der Waals surface area contributed by atoms with Gasteiger partial charge in [0.05, 0.1) is 12.1 Å². The summed E-state index contributed by atoms with van der Waals surface area (Å²) >= 11 is 0. The van der Waals surface area contributed by atoms with Crippen molar-refractivity contribution in [1.82, 2.24) is 15.0 Å². The van der Waals surface area contributed by atoms with Gasteiger partial charge in [-0.25, -0.2) is 9.97 Å². The van der Waals surface area contributed by atoms with Crippen LogP contribution in [0.15, 0.2) is 48.9 Å². The summed E-state index contributed by atoms with van der Waals surface area (Å²) in [5, 5.41) is 0.904. The van der Waals surface area contributed by atoms with Crippen molar-refractivity contribution >= 4 is 16.8 Å². The largest absolute Gasteiger partial charge is 0.346 e. The Balaban J connectivity index is 1.93. The van der Waals surface area contributed by atoms with Crippen LogP contribution >= 0.6 is 0 Å². The van der Waals surface area contributed by atoms with Crippen molar-refractivity contribution in [3.05, 3.63) is 60.2 Å². The van der Waals surface area contributed by atoms with Gasteiger partial charge in [0.15, 0.2) is 5.78 Å². The SMILES string of the molecule is O=C(Cc1ncnc2[nH]ccc12)c1ccccc1. The van der Waals surface area contributed by atoms with Crippen LogP contribution in [0, 0.1) is 0 Å². The summed E-state index contributed by atoms with van der Waals surface area (Å²) in [6, 6.07) is 11.1. The Kier molecular flexibility index (Phi) is 2.61. The fourth-order valence-electron chi connectivity index (χ4n) is 1.95. The highest BCUT2D eigenvalue weighted by atomic mass is 16.1. The van der Waals surface area contributed by atoms with Gasteiger partial charge in [-0.3, -0.25) is 4.79 Å². The van der Waals surface area contributed by atoms with Crippen LogP contribution in [0.5, 0.6) is 0 Å². The van der Waals surface area contributed by atoms with Gasteiger partial charge in [-0.05, 0) is 6.07 Å². The number of fused-ring (bicyclic) bond motifs is 1. The molecule has 3 rings (SSSR count). The molecule has 1 N–H and O–H groups in total. The van der Waals surface area contributed by atoms with E-state index < -0.39 is 0 Å². The van der Waals surface area contributed by atoms with Gasteiger partial charge < -0.3 is 4.98 Å². The molecule has 0 atom stereocenters. The zero-order valence-electron chi connectivity index (χ0n) is 9.63. The number of hydrogen-bond acceptors (Lipinski definition) is 3. The molecule has 0 bridgehead atoms. The molecule has 1 aromatic carbocycles. The normalized spacial score (nSPS) is 10.7. The minimum Gasteiger partial charge on any atom is -0.346 e. The third-order valence-electron chi connectivity index (χ3n) is 2.86. The van der Waals surface area contributed by atoms with Gasteiger partial charge in [-0.1, -0.05) is 30.3 Å². The molecule has 18 heavy (non-hydrogen) atoms. The highest BCUT2D eigenvalue weighted by Crippen LogP contribution is 2.15.